The third-order valence-electron chi connectivity index (χ3n) is 4.90. The first-order valence-electron chi connectivity index (χ1n) is 10.6. The summed E-state index contributed by atoms with van der Waals surface area (Å²) >= 11 is 0. The number of rotatable bonds is 10. The van der Waals surface area contributed by atoms with Crippen LogP contribution in [0.3, 0.4) is 0 Å². The van der Waals surface area contributed by atoms with Crippen LogP contribution in [-0.4, -0.2) is 61.1 Å². The lowest BCUT2D eigenvalue weighted by Gasteiger charge is -2.34. The highest BCUT2D eigenvalue weighted by Gasteiger charge is 2.24. The van der Waals surface area contributed by atoms with Crippen molar-refractivity contribution in [2.75, 3.05) is 39.3 Å². The van der Waals surface area contributed by atoms with Crippen LogP contribution in [-0.2, 0) is 4.74 Å². The van der Waals surface area contributed by atoms with Gasteiger partial charge in [0.05, 0.1) is 5.56 Å². The first-order chi connectivity index (χ1) is 12.9. The van der Waals surface area contributed by atoms with Gasteiger partial charge in [0.25, 0.3) is 0 Å². The van der Waals surface area contributed by atoms with Gasteiger partial charge in [-0.2, -0.15) is 0 Å². The van der Waals surface area contributed by atoms with Crippen molar-refractivity contribution in [1.29, 1.82) is 0 Å². The van der Waals surface area contributed by atoms with Gasteiger partial charge in [0.1, 0.15) is 6.10 Å². The molecule has 0 saturated carbocycles. The van der Waals surface area contributed by atoms with Crippen molar-refractivity contribution in [1.82, 2.24) is 9.80 Å². The number of esters is 1. The number of carbonyl (C=O) groups is 1. The first kappa shape index (κ1) is 28.2. The van der Waals surface area contributed by atoms with E-state index < -0.39 is 0 Å². The number of hydrogen-bond acceptors (Lipinski definition) is 4. The lowest BCUT2D eigenvalue weighted by molar-refractivity contribution is 0.00479. The molecule has 1 heterocycles. The molecule has 0 radical (unpaired) electrons. The molecule has 0 spiro atoms. The van der Waals surface area contributed by atoms with E-state index in [1.54, 1.807) is 0 Å². The third kappa shape index (κ3) is 11.2. The Morgan fingerprint density at radius 1 is 0.931 bits per heavy atom. The predicted molar refractivity (Wildman–Crippen MR) is 127 cm³/mol. The van der Waals surface area contributed by atoms with Crippen LogP contribution >= 0.6 is 24.8 Å². The van der Waals surface area contributed by atoms with E-state index in [2.05, 4.69) is 37.5 Å². The Kier molecular flexibility index (Phi) is 14.6. The van der Waals surface area contributed by atoms with E-state index in [0.717, 1.165) is 39.3 Å². The zero-order valence-electron chi connectivity index (χ0n) is 18.5. The fraction of sp³-hybridized carbons (Fsp3) is 0.696. The molecule has 0 aliphatic carbocycles. The molecule has 2 rings (SSSR count). The summed E-state index contributed by atoms with van der Waals surface area (Å²) < 4.78 is 6.01. The van der Waals surface area contributed by atoms with Gasteiger partial charge in [-0.1, -0.05) is 52.3 Å². The highest BCUT2D eigenvalue weighted by atomic mass is 35.5. The van der Waals surface area contributed by atoms with Crippen LogP contribution in [0, 0.1) is 11.8 Å². The minimum absolute atomic E-state index is 0. The summed E-state index contributed by atoms with van der Waals surface area (Å²) in [6.07, 6.45) is 3.73. The maximum atomic E-state index is 12.7. The van der Waals surface area contributed by atoms with E-state index in [1.165, 1.54) is 19.3 Å². The largest absolute Gasteiger partial charge is 0.456 e. The first-order valence-corrected chi connectivity index (χ1v) is 10.6. The molecule has 1 atom stereocenters. The molecule has 168 valence electrons. The minimum atomic E-state index is -0.202. The average Bonchev–Trinajstić information content (AvgIpc) is 2.62. The molecule has 1 aromatic carbocycles. The van der Waals surface area contributed by atoms with Gasteiger partial charge < -0.3 is 4.74 Å². The maximum absolute atomic E-state index is 12.7. The summed E-state index contributed by atoms with van der Waals surface area (Å²) in [5.74, 6) is 1.00. The molecule has 0 aromatic heterocycles. The summed E-state index contributed by atoms with van der Waals surface area (Å²) in [6, 6.07) is 9.37. The average molecular weight is 447 g/mol. The van der Waals surface area contributed by atoms with E-state index in [0.29, 0.717) is 17.4 Å². The minimum Gasteiger partial charge on any atom is -0.456 e. The Morgan fingerprint density at radius 3 is 2.00 bits per heavy atom. The van der Waals surface area contributed by atoms with Crippen LogP contribution in [0.15, 0.2) is 30.3 Å². The van der Waals surface area contributed by atoms with Crippen LogP contribution < -0.4 is 0 Å². The predicted octanol–water partition coefficient (Wildman–Crippen LogP) is 5.16. The normalized spacial score (nSPS) is 15.7. The van der Waals surface area contributed by atoms with Crippen molar-refractivity contribution >= 4 is 30.8 Å². The summed E-state index contributed by atoms with van der Waals surface area (Å²) in [4.78, 5) is 17.6. The number of piperidine rings is 1. The van der Waals surface area contributed by atoms with Gasteiger partial charge in [0.15, 0.2) is 0 Å². The highest BCUT2D eigenvalue weighted by molar-refractivity contribution is 5.89. The van der Waals surface area contributed by atoms with Crippen molar-refractivity contribution in [2.24, 2.45) is 11.8 Å². The molecule has 1 fully saturated rings. The zero-order chi connectivity index (χ0) is 19.6. The van der Waals surface area contributed by atoms with Crippen molar-refractivity contribution < 1.29 is 9.53 Å². The zero-order valence-corrected chi connectivity index (χ0v) is 20.1. The Morgan fingerprint density at radius 2 is 1.48 bits per heavy atom. The number of hydrogen-bond donors (Lipinski definition) is 0. The van der Waals surface area contributed by atoms with E-state index in [-0.39, 0.29) is 36.9 Å². The molecule has 1 saturated heterocycles. The molecule has 1 aliphatic heterocycles. The second kappa shape index (κ2) is 15.1. The molecule has 6 heteroatoms. The Hall–Kier alpha value is -0.810. The monoisotopic (exact) mass is 446 g/mol. The van der Waals surface area contributed by atoms with Gasteiger partial charge in [0, 0.05) is 26.2 Å². The molecule has 0 amide bonds. The SMILES string of the molecule is CC(C)CN(CC(C)C)CC(CN1CCCCC1)OC(=O)c1ccccc1.Cl.Cl. The fourth-order valence-corrected chi connectivity index (χ4v) is 3.90. The standard InChI is InChI=1S/C23H38N2O2.2ClH/c1-19(2)15-25(16-20(3)4)18-22(17-24-13-9-6-10-14-24)27-23(26)21-11-7-5-8-12-21;;/h5,7-8,11-12,19-20,22H,6,9-10,13-18H2,1-4H3;2*1H. The molecule has 1 aromatic rings. The molecule has 29 heavy (non-hydrogen) atoms. The van der Waals surface area contributed by atoms with E-state index in [4.69, 9.17) is 4.74 Å². The third-order valence-corrected chi connectivity index (χ3v) is 4.90. The lowest BCUT2D eigenvalue weighted by atomic mass is 10.1. The van der Waals surface area contributed by atoms with Crippen LogP contribution in [0.25, 0.3) is 0 Å². The summed E-state index contributed by atoms with van der Waals surface area (Å²) in [5, 5.41) is 0. The Balaban J connectivity index is 0.00000392. The molecule has 4 nitrogen and oxygen atoms in total. The van der Waals surface area contributed by atoms with Crippen molar-refractivity contribution in [3.63, 3.8) is 0 Å². The number of carbonyl (C=O) groups excluding carboxylic acids is 1. The smallest absolute Gasteiger partial charge is 0.338 e. The van der Waals surface area contributed by atoms with Crippen LogP contribution in [0.5, 0.6) is 0 Å². The molecule has 0 N–H and O–H groups in total. The number of benzene rings is 1. The number of ether oxygens (including phenoxy) is 1. The van der Waals surface area contributed by atoms with Gasteiger partial charge >= 0.3 is 5.97 Å². The van der Waals surface area contributed by atoms with Crippen LogP contribution in [0.4, 0.5) is 0 Å². The van der Waals surface area contributed by atoms with Crippen LogP contribution in [0.1, 0.15) is 57.3 Å². The summed E-state index contributed by atoms with van der Waals surface area (Å²) in [5.41, 5.74) is 0.639. The molecule has 0 bridgehead atoms. The van der Waals surface area contributed by atoms with Crippen molar-refractivity contribution in [3.8, 4) is 0 Å². The second-order valence-corrected chi connectivity index (χ2v) is 8.76. The molecule has 1 unspecified atom stereocenters. The van der Waals surface area contributed by atoms with E-state index >= 15 is 0 Å². The van der Waals surface area contributed by atoms with E-state index in [1.807, 2.05) is 30.3 Å². The summed E-state index contributed by atoms with van der Waals surface area (Å²) in [7, 11) is 0. The number of halogens is 2. The fourth-order valence-electron chi connectivity index (χ4n) is 3.90. The molecule has 1 aliphatic rings. The van der Waals surface area contributed by atoms with Gasteiger partial charge in [0.2, 0.25) is 0 Å². The molecular formula is C23H40Cl2N2O2. The summed E-state index contributed by atoms with van der Waals surface area (Å²) in [6.45, 7) is 15.0. The second-order valence-electron chi connectivity index (χ2n) is 8.76. The van der Waals surface area contributed by atoms with Gasteiger partial charge in [-0.25, -0.2) is 4.79 Å². The van der Waals surface area contributed by atoms with Gasteiger partial charge in [-0.3, -0.25) is 9.80 Å². The maximum Gasteiger partial charge on any atom is 0.338 e. The topological polar surface area (TPSA) is 32.8 Å². The highest BCUT2D eigenvalue weighted by Crippen LogP contribution is 2.14. The van der Waals surface area contributed by atoms with Crippen molar-refractivity contribution in [3.05, 3.63) is 35.9 Å². The van der Waals surface area contributed by atoms with Crippen molar-refractivity contribution in [2.45, 2.75) is 53.1 Å². The number of nitrogens with zero attached hydrogens (tertiary/aromatic N) is 2. The lowest BCUT2D eigenvalue weighted by Crippen LogP contribution is -2.45. The Bertz CT molecular complexity index is 539. The number of likely N-dealkylation sites (tertiary alicyclic amines) is 1. The van der Waals surface area contributed by atoms with Gasteiger partial charge in [-0.15, -0.1) is 24.8 Å². The van der Waals surface area contributed by atoms with E-state index in [9.17, 15) is 4.79 Å². The van der Waals surface area contributed by atoms with Crippen LogP contribution in [0.2, 0.25) is 0 Å². The quantitative estimate of drug-likeness (QED) is 0.464. The van der Waals surface area contributed by atoms with Gasteiger partial charge in [-0.05, 0) is 49.9 Å². The molecular weight excluding hydrogens is 407 g/mol. The Labute approximate surface area is 190 Å².